The molecule has 3 rings (SSSR count). The molecule has 1 aliphatic carbocycles. The highest BCUT2D eigenvalue weighted by atomic mass is 35.5. The van der Waals surface area contributed by atoms with E-state index in [1.807, 2.05) is 11.3 Å². The van der Waals surface area contributed by atoms with E-state index in [4.69, 9.17) is 23.2 Å². The lowest BCUT2D eigenvalue weighted by Gasteiger charge is -2.05. The van der Waals surface area contributed by atoms with Crippen LogP contribution in [0.1, 0.15) is 21.7 Å². The summed E-state index contributed by atoms with van der Waals surface area (Å²) in [5, 5.41) is 11.4. The number of aromatic nitrogens is 2. The summed E-state index contributed by atoms with van der Waals surface area (Å²) in [6.45, 7) is 0.749. The van der Waals surface area contributed by atoms with Gasteiger partial charge in [-0.2, -0.15) is 0 Å². The van der Waals surface area contributed by atoms with Crippen LogP contribution in [0, 0.1) is 0 Å². The van der Waals surface area contributed by atoms with E-state index in [0.717, 1.165) is 12.2 Å². The van der Waals surface area contributed by atoms with Crippen molar-refractivity contribution in [2.24, 2.45) is 0 Å². The summed E-state index contributed by atoms with van der Waals surface area (Å²) in [5.74, 6) is 0. The van der Waals surface area contributed by atoms with Gasteiger partial charge in [0.25, 0.3) is 0 Å². The van der Waals surface area contributed by atoms with Crippen molar-refractivity contribution in [3.63, 3.8) is 0 Å². The van der Waals surface area contributed by atoms with Crippen molar-refractivity contribution in [1.29, 1.82) is 0 Å². The zero-order valence-corrected chi connectivity index (χ0v) is 11.9. The second kappa shape index (κ2) is 5.03. The molecule has 0 aliphatic heterocycles. The monoisotopic (exact) mass is 299 g/mol. The number of anilines is 1. The SMILES string of the molecule is Clc1cc(NCc2cc3c(s2)CCC3)c(Cl)nn1. The van der Waals surface area contributed by atoms with Crippen molar-refractivity contribution in [1.82, 2.24) is 10.2 Å². The number of thiophene rings is 1. The molecule has 94 valence electrons. The number of fused-ring (bicyclic) bond motifs is 1. The Labute approximate surface area is 119 Å². The molecule has 6 heteroatoms. The number of aryl methyl sites for hydroxylation is 2. The van der Waals surface area contributed by atoms with Crippen molar-refractivity contribution in [3.05, 3.63) is 37.8 Å². The van der Waals surface area contributed by atoms with Gasteiger partial charge >= 0.3 is 0 Å². The zero-order valence-electron chi connectivity index (χ0n) is 9.54. The molecule has 0 unspecified atom stereocenters. The summed E-state index contributed by atoms with van der Waals surface area (Å²) < 4.78 is 0. The van der Waals surface area contributed by atoms with Crippen LogP contribution in [0.3, 0.4) is 0 Å². The van der Waals surface area contributed by atoms with Gasteiger partial charge < -0.3 is 5.32 Å². The Balaban J connectivity index is 1.71. The van der Waals surface area contributed by atoms with E-state index in [-0.39, 0.29) is 0 Å². The highest BCUT2D eigenvalue weighted by Gasteiger charge is 2.14. The van der Waals surface area contributed by atoms with Gasteiger partial charge in [0.2, 0.25) is 0 Å². The molecule has 2 heterocycles. The van der Waals surface area contributed by atoms with Crippen molar-refractivity contribution in [2.75, 3.05) is 5.32 Å². The predicted molar refractivity (Wildman–Crippen MR) is 75.7 cm³/mol. The largest absolute Gasteiger partial charge is 0.378 e. The first kappa shape index (κ1) is 12.2. The van der Waals surface area contributed by atoms with Crippen LogP contribution in [-0.4, -0.2) is 10.2 Å². The Hall–Kier alpha value is -0.840. The molecule has 3 nitrogen and oxygen atoms in total. The molecule has 0 atom stereocenters. The smallest absolute Gasteiger partial charge is 0.174 e. The van der Waals surface area contributed by atoms with E-state index < -0.39 is 0 Å². The maximum absolute atomic E-state index is 5.95. The highest BCUT2D eigenvalue weighted by Crippen LogP contribution is 2.31. The van der Waals surface area contributed by atoms with Crippen molar-refractivity contribution in [3.8, 4) is 0 Å². The molecule has 0 spiro atoms. The normalized spacial score (nSPS) is 13.7. The zero-order chi connectivity index (χ0) is 12.5. The molecule has 0 amide bonds. The van der Waals surface area contributed by atoms with Gasteiger partial charge in [-0.05, 0) is 30.9 Å². The van der Waals surface area contributed by atoms with E-state index in [1.165, 1.54) is 34.6 Å². The third-order valence-electron chi connectivity index (χ3n) is 2.97. The maximum atomic E-state index is 5.95. The van der Waals surface area contributed by atoms with E-state index in [9.17, 15) is 0 Å². The van der Waals surface area contributed by atoms with Crippen LogP contribution in [-0.2, 0) is 19.4 Å². The topological polar surface area (TPSA) is 37.8 Å². The lowest BCUT2D eigenvalue weighted by Crippen LogP contribution is -2.00. The Kier molecular flexibility index (Phi) is 3.41. The van der Waals surface area contributed by atoms with Crippen molar-refractivity contribution in [2.45, 2.75) is 25.8 Å². The fourth-order valence-electron chi connectivity index (χ4n) is 2.14. The Morgan fingerprint density at radius 1 is 1.22 bits per heavy atom. The minimum atomic E-state index is 0.343. The third-order valence-corrected chi connectivity index (χ3v) is 4.67. The average Bonchev–Trinajstić information content (AvgIpc) is 2.90. The van der Waals surface area contributed by atoms with Crippen LogP contribution >= 0.6 is 34.5 Å². The number of rotatable bonds is 3. The minimum absolute atomic E-state index is 0.343. The van der Waals surface area contributed by atoms with Gasteiger partial charge in [0.05, 0.1) is 5.69 Å². The van der Waals surface area contributed by atoms with Crippen molar-refractivity contribution < 1.29 is 0 Å². The molecule has 1 aliphatic rings. The summed E-state index contributed by atoms with van der Waals surface area (Å²) in [4.78, 5) is 2.85. The van der Waals surface area contributed by atoms with Gasteiger partial charge in [-0.3, -0.25) is 0 Å². The molecule has 0 radical (unpaired) electrons. The number of nitrogens with zero attached hydrogens (tertiary/aromatic N) is 2. The number of hydrogen-bond acceptors (Lipinski definition) is 4. The van der Waals surface area contributed by atoms with E-state index in [2.05, 4.69) is 21.6 Å². The third kappa shape index (κ3) is 2.46. The van der Waals surface area contributed by atoms with Crippen molar-refractivity contribution >= 4 is 40.2 Å². The molecule has 0 saturated heterocycles. The van der Waals surface area contributed by atoms with Crippen LogP contribution in [0.25, 0.3) is 0 Å². The van der Waals surface area contributed by atoms with Gasteiger partial charge in [-0.25, -0.2) is 0 Å². The second-order valence-corrected chi connectivity index (χ2v) is 6.21. The molecule has 2 aromatic heterocycles. The Morgan fingerprint density at radius 2 is 2.11 bits per heavy atom. The van der Waals surface area contributed by atoms with Gasteiger partial charge in [-0.15, -0.1) is 21.5 Å². The molecule has 1 N–H and O–H groups in total. The lowest BCUT2D eigenvalue weighted by molar-refractivity contribution is 0.913. The first-order valence-electron chi connectivity index (χ1n) is 5.75. The molecular weight excluding hydrogens is 289 g/mol. The second-order valence-electron chi connectivity index (χ2n) is 4.24. The first-order valence-corrected chi connectivity index (χ1v) is 7.32. The molecule has 0 fully saturated rings. The quantitative estimate of drug-likeness (QED) is 0.932. The van der Waals surface area contributed by atoms with Crippen LogP contribution in [0.15, 0.2) is 12.1 Å². The van der Waals surface area contributed by atoms with Crippen LogP contribution in [0.4, 0.5) is 5.69 Å². The molecule has 2 aromatic rings. The maximum Gasteiger partial charge on any atom is 0.174 e. The van der Waals surface area contributed by atoms with Crippen LogP contribution in [0.5, 0.6) is 0 Å². The van der Waals surface area contributed by atoms with E-state index >= 15 is 0 Å². The van der Waals surface area contributed by atoms with E-state index in [0.29, 0.717) is 10.3 Å². The van der Waals surface area contributed by atoms with Gasteiger partial charge in [0.1, 0.15) is 0 Å². The fraction of sp³-hybridized carbons (Fsp3) is 0.333. The number of hydrogen-bond donors (Lipinski definition) is 1. The highest BCUT2D eigenvalue weighted by molar-refractivity contribution is 7.12. The molecular formula is C12H11Cl2N3S. The Bertz CT molecular complexity index is 561. The molecule has 18 heavy (non-hydrogen) atoms. The summed E-state index contributed by atoms with van der Waals surface area (Å²) in [5.41, 5.74) is 2.24. The van der Waals surface area contributed by atoms with Gasteiger partial charge in [-0.1, -0.05) is 23.2 Å². The summed E-state index contributed by atoms with van der Waals surface area (Å²) in [6, 6.07) is 3.97. The van der Waals surface area contributed by atoms with Gasteiger partial charge in [0.15, 0.2) is 10.3 Å². The summed E-state index contributed by atoms with van der Waals surface area (Å²) >= 11 is 13.6. The van der Waals surface area contributed by atoms with E-state index in [1.54, 1.807) is 6.07 Å². The standard InChI is InChI=1S/C12H11Cl2N3S/c13-11-5-9(12(14)17-16-11)15-6-8-4-7-2-1-3-10(7)18-8/h4-5H,1-3,6H2,(H,15,16). The average molecular weight is 300 g/mol. The summed E-state index contributed by atoms with van der Waals surface area (Å²) in [6.07, 6.45) is 3.74. The Morgan fingerprint density at radius 3 is 2.94 bits per heavy atom. The minimum Gasteiger partial charge on any atom is -0.378 e. The lowest BCUT2D eigenvalue weighted by atomic mass is 10.2. The fourth-order valence-corrected chi connectivity index (χ4v) is 3.64. The summed E-state index contributed by atoms with van der Waals surface area (Å²) in [7, 11) is 0. The molecule has 0 bridgehead atoms. The number of halogens is 2. The van der Waals surface area contributed by atoms with Gasteiger partial charge in [0, 0.05) is 22.4 Å². The van der Waals surface area contributed by atoms with Crippen LogP contribution < -0.4 is 5.32 Å². The first-order chi connectivity index (χ1) is 8.72. The molecule has 0 saturated carbocycles. The molecule has 0 aromatic carbocycles. The van der Waals surface area contributed by atoms with Crippen LogP contribution in [0.2, 0.25) is 10.3 Å². The number of nitrogens with one attached hydrogen (secondary N) is 1. The predicted octanol–water partition coefficient (Wildman–Crippen LogP) is 3.95.